The van der Waals surface area contributed by atoms with Crippen LogP contribution in [0.2, 0.25) is 0 Å². The van der Waals surface area contributed by atoms with E-state index in [2.05, 4.69) is 31.0 Å². The summed E-state index contributed by atoms with van der Waals surface area (Å²) in [6.07, 6.45) is 5.74. The smallest absolute Gasteiger partial charge is 0.0307 e. The zero-order valence-corrected chi connectivity index (χ0v) is 11.6. The van der Waals surface area contributed by atoms with E-state index in [0.29, 0.717) is 6.04 Å². The van der Waals surface area contributed by atoms with E-state index in [9.17, 15) is 0 Å². The minimum atomic E-state index is 0.278. The molecule has 0 spiro atoms. The van der Waals surface area contributed by atoms with Crippen molar-refractivity contribution in [2.24, 2.45) is 0 Å². The van der Waals surface area contributed by atoms with Gasteiger partial charge in [-0.3, -0.25) is 4.90 Å². The number of nitrogens with zero attached hydrogens (tertiary/aromatic N) is 1. The van der Waals surface area contributed by atoms with Gasteiger partial charge in [-0.1, -0.05) is 37.9 Å². The Bertz CT molecular complexity index is 230. The van der Waals surface area contributed by atoms with E-state index in [1.165, 1.54) is 19.3 Å². The highest BCUT2D eigenvalue weighted by Crippen LogP contribution is 2.23. The molecule has 1 aliphatic heterocycles. The number of rotatable bonds is 5. The van der Waals surface area contributed by atoms with Crippen LogP contribution in [0.3, 0.4) is 0 Å². The SMILES string of the molecule is CCCC1CN(C/C=C/Cl)C(C)(CC)CN1. The zero-order valence-electron chi connectivity index (χ0n) is 10.8. The summed E-state index contributed by atoms with van der Waals surface area (Å²) in [6, 6.07) is 0.647. The van der Waals surface area contributed by atoms with Gasteiger partial charge in [0.05, 0.1) is 0 Å². The van der Waals surface area contributed by atoms with Gasteiger partial charge in [0, 0.05) is 36.8 Å². The molecule has 1 N–H and O–H groups in total. The molecule has 0 aromatic carbocycles. The molecular weight excluding hydrogens is 220 g/mol. The molecule has 1 fully saturated rings. The molecule has 0 radical (unpaired) electrons. The average Bonchev–Trinajstić information content (AvgIpc) is 2.30. The standard InChI is InChI=1S/C13H25ClN2/c1-4-7-12-10-16(9-6-8-14)13(3,5-2)11-15-12/h6,8,12,15H,4-5,7,9-11H2,1-3H3/b8-6+. The molecule has 3 heteroatoms. The molecule has 0 aliphatic carbocycles. The number of nitrogens with one attached hydrogen (secondary N) is 1. The van der Waals surface area contributed by atoms with E-state index in [0.717, 1.165) is 19.6 Å². The van der Waals surface area contributed by atoms with Crippen LogP contribution in [0.5, 0.6) is 0 Å². The van der Waals surface area contributed by atoms with E-state index in [1.807, 2.05) is 6.08 Å². The highest BCUT2D eigenvalue weighted by atomic mass is 35.5. The second kappa shape index (κ2) is 6.63. The minimum Gasteiger partial charge on any atom is -0.311 e. The molecule has 2 unspecified atom stereocenters. The van der Waals surface area contributed by atoms with Crippen LogP contribution in [-0.4, -0.2) is 36.1 Å². The third-order valence-electron chi connectivity index (χ3n) is 3.79. The summed E-state index contributed by atoms with van der Waals surface area (Å²) in [5.41, 5.74) is 1.91. The molecule has 16 heavy (non-hydrogen) atoms. The van der Waals surface area contributed by atoms with Gasteiger partial charge >= 0.3 is 0 Å². The monoisotopic (exact) mass is 244 g/mol. The molecule has 94 valence electrons. The van der Waals surface area contributed by atoms with Crippen molar-refractivity contribution in [1.29, 1.82) is 0 Å². The van der Waals surface area contributed by atoms with Crippen molar-refractivity contribution in [1.82, 2.24) is 10.2 Å². The number of piperazine rings is 1. The van der Waals surface area contributed by atoms with E-state index >= 15 is 0 Å². The maximum absolute atomic E-state index is 5.63. The van der Waals surface area contributed by atoms with Crippen LogP contribution in [0.4, 0.5) is 0 Å². The van der Waals surface area contributed by atoms with Crippen LogP contribution in [-0.2, 0) is 0 Å². The summed E-state index contributed by atoms with van der Waals surface area (Å²) in [7, 11) is 0. The lowest BCUT2D eigenvalue weighted by molar-refractivity contribution is 0.0583. The second-order valence-corrected chi connectivity index (χ2v) is 5.24. The fourth-order valence-electron chi connectivity index (χ4n) is 2.38. The van der Waals surface area contributed by atoms with E-state index in [4.69, 9.17) is 11.6 Å². The summed E-state index contributed by atoms with van der Waals surface area (Å²) in [5.74, 6) is 0. The largest absolute Gasteiger partial charge is 0.311 e. The van der Waals surface area contributed by atoms with Gasteiger partial charge in [-0.25, -0.2) is 0 Å². The van der Waals surface area contributed by atoms with E-state index < -0.39 is 0 Å². The van der Waals surface area contributed by atoms with Gasteiger partial charge in [0.1, 0.15) is 0 Å². The first-order valence-electron chi connectivity index (χ1n) is 6.40. The highest BCUT2D eigenvalue weighted by Gasteiger charge is 2.35. The molecule has 0 amide bonds. The normalized spacial score (nSPS) is 32.4. The van der Waals surface area contributed by atoms with E-state index in [1.54, 1.807) is 5.54 Å². The number of hydrogen-bond donors (Lipinski definition) is 1. The minimum absolute atomic E-state index is 0.278. The molecule has 2 nitrogen and oxygen atoms in total. The fraction of sp³-hybridized carbons (Fsp3) is 0.846. The van der Waals surface area contributed by atoms with Crippen molar-refractivity contribution in [3.63, 3.8) is 0 Å². The molecule has 1 saturated heterocycles. The van der Waals surface area contributed by atoms with Gasteiger partial charge in [0.2, 0.25) is 0 Å². The number of hydrogen-bond acceptors (Lipinski definition) is 2. The fourth-order valence-corrected chi connectivity index (χ4v) is 2.46. The van der Waals surface area contributed by atoms with Gasteiger partial charge in [-0.2, -0.15) is 0 Å². The summed E-state index contributed by atoms with van der Waals surface area (Å²) >= 11 is 5.63. The molecule has 1 heterocycles. The van der Waals surface area contributed by atoms with Gasteiger partial charge in [-0.15, -0.1) is 0 Å². The van der Waals surface area contributed by atoms with Crippen molar-refractivity contribution >= 4 is 11.6 Å². The Labute approximate surface area is 105 Å². The Hall–Kier alpha value is -0.0500. The Morgan fingerprint density at radius 1 is 1.50 bits per heavy atom. The predicted octanol–water partition coefficient (Wildman–Crippen LogP) is 2.98. The topological polar surface area (TPSA) is 15.3 Å². The molecule has 0 saturated carbocycles. The lowest BCUT2D eigenvalue weighted by Crippen LogP contribution is -2.62. The van der Waals surface area contributed by atoms with Crippen LogP contribution in [0.25, 0.3) is 0 Å². The Morgan fingerprint density at radius 2 is 2.25 bits per heavy atom. The molecule has 0 aromatic rings. The summed E-state index contributed by atoms with van der Waals surface area (Å²) < 4.78 is 0. The molecule has 0 bridgehead atoms. The van der Waals surface area contributed by atoms with Crippen molar-refractivity contribution in [3.8, 4) is 0 Å². The van der Waals surface area contributed by atoms with Crippen molar-refractivity contribution in [2.75, 3.05) is 19.6 Å². The summed E-state index contributed by atoms with van der Waals surface area (Å²) in [4.78, 5) is 2.56. The lowest BCUT2D eigenvalue weighted by Gasteiger charge is -2.47. The van der Waals surface area contributed by atoms with Crippen LogP contribution in [0.1, 0.15) is 40.0 Å². The van der Waals surface area contributed by atoms with Crippen molar-refractivity contribution < 1.29 is 0 Å². The first kappa shape index (κ1) is 14.0. The average molecular weight is 245 g/mol. The predicted molar refractivity (Wildman–Crippen MR) is 72.0 cm³/mol. The van der Waals surface area contributed by atoms with Gasteiger partial charge in [-0.05, 0) is 19.8 Å². The van der Waals surface area contributed by atoms with Crippen LogP contribution >= 0.6 is 11.6 Å². The van der Waals surface area contributed by atoms with Crippen molar-refractivity contribution in [2.45, 2.75) is 51.6 Å². The molecule has 0 aromatic heterocycles. The quantitative estimate of drug-likeness (QED) is 0.800. The molecule has 2 atom stereocenters. The van der Waals surface area contributed by atoms with Gasteiger partial charge < -0.3 is 5.32 Å². The van der Waals surface area contributed by atoms with Crippen LogP contribution in [0.15, 0.2) is 11.6 Å². The van der Waals surface area contributed by atoms with Crippen LogP contribution < -0.4 is 5.32 Å². The lowest BCUT2D eigenvalue weighted by atomic mass is 9.91. The highest BCUT2D eigenvalue weighted by molar-refractivity contribution is 6.25. The van der Waals surface area contributed by atoms with Crippen LogP contribution in [0, 0.1) is 0 Å². The maximum atomic E-state index is 5.63. The third-order valence-corrected chi connectivity index (χ3v) is 3.97. The van der Waals surface area contributed by atoms with Gasteiger partial charge in [0.25, 0.3) is 0 Å². The third kappa shape index (κ3) is 3.47. The van der Waals surface area contributed by atoms with Gasteiger partial charge in [0.15, 0.2) is 0 Å². The Balaban J connectivity index is 2.61. The second-order valence-electron chi connectivity index (χ2n) is 4.98. The maximum Gasteiger partial charge on any atom is 0.0307 e. The zero-order chi connectivity index (χ0) is 12.0. The van der Waals surface area contributed by atoms with Crippen molar-refractivity contribution in [3.05, 3.63) is 11.6 Å². The Kier molecular flexibility index (Phi) is 5.81. The summed E-state index contributed by atoms with van der Waals surface area (Å²) in [5, 5.41) is 3.67. The number of halogens is 1. The molecular formula is C13H25ClN2. The molecule has 1 rings (SSSR count). The Morgan fingerprint density at radius 3 is 2.81 bits per heavy atom. The first-order valence-corrected chi connectivity index (χ1v) is 6.83. The van der Waals surface area contributed by atoms with E-state index in [-0.39, 0.29) is 5.54 Å². The summed E-state index contributed by atoms with van der Waals surface area (Å²) in [6.45, 7) is 10.0. The molecule has 1 aliphatic rings. The first-order chi connectivity index (χ1) is 7.66.